The van der Waals surface area contributed by atoms with Gasteiger partial charge in [-0.3, -0.25) is 4.57 Å². The smallest absolute Gasteiger partial charge is 0.235 e. The highest BCUT2D eigenvalue weighted by Crippen LogP contribution is 2.46. The Labute approximate surface area is 305 Å². The summed E-state index contributed by atoms with van der Waals surface area (Å²) in [5.41, 5.74) is 9.79. The lowest BCUT2D eigenvalue weighted by Gasteiger charge is -2.12. The van der Waals surface area contributed by atoms with Gasteiger partial charge in [0.1, 0.15) is 33.5 Å². The first-order valence-corrected chi connectivity index (χ1v) is 18.1. The summed E-state index contributed by atoms with van der Waals surface area (Å²) >= 11 is 0. The Morgan fingerprint density at radius 2 is 1.00 bits per heavy atom. The molecule has 6 nitrogen and oxygen atoms in total. The number of hydrogen-bond donors (Lipinski definition) is 0. The third kappa shape index (κ3) is 3.59. The van der Waals surface area contributed by atoms with Crippen molar-refractivity contribution < 1.29 is 13.3 Å². The Hall–Kier alpha value is -7.44. The van der Waals surface area contributed by atoms with Gasteiger partial charge in [0.2, 0.25) is 5.95 Å². The van der Waals surface area contributed by atoms with Crippen LogP contribution in [0.25, 0.3) is 127 Å². The van der Waals surface area contributed by atoms with E-state index in [2.05, 4.69) is 108 Å². The molecule has 0 N–H and O–H groups in total. The molecule has 250 valence electrons. The van der Waals surface area contributed by atoms with Gasteiger partial charge in [-0.2, -0.15) is 0 Å². The van der Waals surface area contributed by atoms with Crippen LogP contribution in [0.5, 0.6) is 0 Å². The van der Waals surface area contributed by atoms with Crippen LogP contribution < -0.4 is 0 Å². The SMILES string of the molecule is c1ccc2c(-c3cccc4oc5ccccc5c34)nc(-n3c4ccccc4c4c5oc6ccc7ccc8oc9ccccc9c8c7c6c5ccc43)nc2c1. The molecule has 0 bridgehead atoms. The predicted octanol–water partition coefficient (Wildman–Crippen LogP) is 13.2. The molecule has 0 saturated carbocycles. The van der Waals surface area contributed by atoms with Crippen LogP contribution in [-0.4, -0.2) is 14.5 Å². The van der Waals surface area contributed by atoms with Gasteiger partial charge >= 0.3 is 0 Å². The highest BCUT2D eigenvalue weighted by Gasteiger charge is 2.24. The van der Waals surface area contributed by atoms with E-state index < -0.39 is 0 Å². The molecule has 0 spiro atoms. The summed E-state index contributed by atoms with van der Waals surface area (Å²) in [4.78, 5) is 10.7. The standard InChI is InChI=1S/C48H25N3O3/c1-5-15-33-27(10-1)46(31-14-9-19-38-42(31)29-12-3-7-17-36(29)52-38)50-48(49-33)51-34-16-6-2-11-28(34)43-35(51)23-22-32-45-40(54-47(32)43)25-21-26-20-24-39-44(41(26)45)30-13-4-8-18-37(30)53-39/h1-25H. The fraction of sp³-hybridized carbons (Fsp3) is 0. The molecule has 0 aliphatic rings. The van der Waals surface area contributed by atoms with E-state index in [4.69, 9.17) is 23.2 Å². The van der Waals surface area contributed by atoms with Crippen molar-refractivity contribution in [2.75, 3.05) is 0 Å². The maximum absolute atomic E-state index is 6.92. The Morgan fingerprint density at radius 3 is 1.81 bits per heavy atom. The van der Waals surface area contributed by atoms with E-state index in [9.17, 15) is 0 Å². The van der Waals surface area contributed by atoms with Gasteiger partial charge in [0.25, 0.3) is 0 Å². The molecule has 13 aromatic rings. The lowest BCUT2D eigenvalue weighted by Crippen LogP contribution is -2.03. The molecule has 0 atom stereocenters. The van der Waals surface area contributed by atoms with Crippen molar-refractivity contribution in [1.29, 1.82) is 0 Å². The number of rotatable bonds is 2. The third-order valence-corrected chi connectivity index (χ3v) is 11.2. The molecule has 8 aromatic carbocycles. The molecule has 0 radical (unpaired) electrons. The van der Waals surface area contributed by atoms with Gasteiger partial charge in [0, 0.05) is 54.0 Å². The minimum Gasteiger partial charge on any atom is -0.456 e. The summed E-state index contributed by atoms with van der Waals surface area (Å²) in [7, 11) is 0. The number of aromatic nitrogens is 3. The fourth-order valence-corrected chi connectivity index (χ4v) is 8.96. The second-order valence-electron chi connectivity index (χ2n) is 14.0. The first-order chi connectivity index (χ1) is 26.8. The number of hydrogen-bond acceptors (Lipinski definition) is 5. The molecule has 0 aliphatic carbocycles. The van der Waals surface area contributed by atoms with Crippen molar-refractivity contribution in [2.45, 2.75) is 0 Å². The lowest BCUT2D eigenvalue weighted by molar-refractivity contribution is 0.668. The molecule has 0 aliphatic heterocycles. The average Bonchev–Trinajstić information content (AvgIpc) is 3.98. The van der Waals surface area contributed by atoms with Gasteiger partial charge in [-0.25, -0.2) is 9.97 Å². The molecule has 0 amide bonds. The normalized spacial score (nSPS) is 12.4. The van der Waals surface area contributed by atoms with Crippen molar-refractivity contribution in [3.05, 3.63) is 152 Å². The summed E-state index contributed by atoms with van der Waals surface area (Å²) in [6.45, 7) is 0. The van der Waals surface area contributed by atoms with E-state index in [1.807, 2.05) is 48.5 Å². The van der Waals surface area contributed by atoms with E-state index in [0.717, 1.165) is 121 Å². The van der Waals surface area contributed by atoms with Crippen LogP contribution in [0, 0.1) is 0 Å². The minimum atomic E-state index is 0.590. The lowest BCUT2D eigenvalue weighted by atomic mass is 9.98. The first kappa shape index (κ1) is 28.2. The maximum Gasteiger partial charge on any atom is 0.235 e. The highest BCUT2D eigenvalue weighted by atomic mass is 16.3. The maximum atomic E-state index is 6.92. The summed E-state index contributed by atoms with van der Waals surface area (Å²) in [6.07, 6.45) is 0. The van der Waals surface area contributed by atoms with Crippen LogP contribution in [0.4, 0.5) is 0 Å². The van der Waals surface area contributed by atoms with Gasteiger partial charge in [-0.05, 0) is 60.0 Å². The van der Waals surface area contributed by atoms with E-state index in [1.54, 1.807) is 0 Å². The molecule has 54 heavy (non-hydrogen) atoms. The predicted molar refractivity (Wildman–Crippen MR) is 219 cm³/mol. The van der Waals surface area contributed by atoms with Crippen LogP contribution in [0.2, 0.25) is 0 Å². The Morgan fingerprint density at radius 1 is 0.370 bits per heavy atom. The van der Waals surface area contributed by atoms with Crippen molar-refractivity contribution in [3.63, 3.8) is 0 Å². The second kappa shape index (κ2) is 10.1. The van der Waals surface area contributed by atoms with Gasteiger partial charge < -0.3 is 13.3 Å². The summed E-state index contributed by atoms with van der Waals surface area (Å²) < 4.78 is 21.7. The van der Waals surface area contributed by atoms with Gasteiger partial charge in [-0.1, -0.05) is 97.1 Å². The van der Waals surface area contributed by atoms with Crippen LogP contribution in [0.3, 0.4) is 0 Å². The van der Waals surface area contributed by atoms with Crippen LogP contribution in [0.1, 0.15) is 0 Å². The van der Waals surface area contributed by atoms with Crippen molar-refractivity contribution >= 4 is 109 Å². The molecule has 13 rings (SSSR count). The van der Waals surface area contributed by atoms with Gasteiger partial charge in [-0.15, -0.1) is 0 Å². The summed E-state index contributed by atoms with van der Waals surface area (Å²) in [5.74, 6) is 0.590. The van der Waals surface area contributed by atoms with E-state index in [0.29, 0.717) is 5.95 Å². The zero-order valence-corrected chi connectivity index (χ0v) is 28.5. The zero-order chi connectivity index (χ0) is 35.1. The molecule has 5 aromatic heterocycles. The molecule has 0 unspecified atom stereocenters. The molecule has 0 fully saturated rings. The van der Waals surface area contributed by atoms with Crippen molar-refractivity contribution in [3.8, 4) is 17.2 Å². The minimum absolute atomic E-state index is 0.590. The highest BCUT2D eigenvalue weighted by molar-refractivity contribution is 6.34. The van der Waals surface area contributed by atoms with Gasteiger partial charge in [0.05, 0.1) is 27.6 Å². The average molecular weight is 692 g/mol. The molecule has 5 heterocycles. The number of para-hydroxylation sites is 4. The molecular weight excluding hydrogens is 667 g/mol. The number of fused-ring (bicyclic) bond motifs is 17. The Balaban J connectivity index is 1.14. The number of furan rings is 3. The van der Waals surface area contributed by atoms with Crippen LogP contribution >= 0.6 is 0 Å². The topological polar surface area (TPSA) is 70.1 Å². The van der Waals surface area contributed by atoms with E-state index >= 15 is 0 Å². The van der Waals surface area contributed by atoms with Crippen molar-refractivity contribution in [1.82, 2.24) is 14.5 Å². The molecular formula is C48H25N3O3. The van der Waals surface area contributed by atoms with Crippen LogP contribution in [-0.2, 0) is 0 Å². The molecule has 6 heteroatoms. The quantitative estimate of drug-likeness (QED) is 0.180. The van der Waals surface area contributed by atoms with Crippen LogP contribution in [0.15, 0.2) is 165 Å². The summed E-state index contributed by atoms with van der Waals surface area (Å²) in [6, 6.07) is 52.2. The number of nitrogens with zero attached hydrogens (tertiary/aromatic N) is 3. The third-order valence-electron chi connectivity index (χ3n) is 11.2. The first-order valence-electron chi connectivity index (χ1n) is 18.1. The van der Waals surface area contributed by atoms with Gasteiger partial charge in [0.15, 0.2) is 0 Å². The Kier molecular flexibility index (Phi) is 5.28. The summed E-state index contributed by atoms with van der Waals surface area (Å²) in [5, 5.41) is 11.8. The van der Waals surface area contributed by atoms with E-state index in [-0.39, 0.29) is 0 Å². The Bertz CT molecular complexity index is 3750. The monoisotopic (exact) mass is 691 g/mol. The van der Waals surface area contributed by atoms with Crippen molar-refractivity contribution in [2.24, 2.45) is 0 Å². The zero-order valence-electron chi connectivity index (χ0n) is 28.5. The van der Waals surface area contributed by atoms with E-state index in [1.165, 1.54) is 0 Å². The largest absolute Gasteiger partial charge is 0.456 e. The second-order valence-corrected chi connectivity index (χ2v) is 14.0. The number of benzene rings is 8. The molecule has 0 saturated heterocycles. The fourth-order valence-electron chi connectivity index (χ4n) is 8.96.